The molecular weight excluding hydrogens is 381 g/mol. The number of carbonyl (C=O) groups is 2. The quantitative estimate of drug-likeness (QED) is 0.501. The third-order valence-electron chi connectivity index (χ3n) is 3.91. The van der Waals surface area contributed by atoms with Crippen LogP contribution in [0.25, 0.3) is 0 Å². The minimum absolute atomic E-state index is 0.0604. The number of methoxy groups -OCH3 is 1. The van der Waals surface area contributed by atoms with Crippen molar-refractivity contribution in [3.63, 3.8) is 0 Å². The standard InChI is InChI=1S/C16H26NO7PS/c1-16(2)11-23-25(20,22-9-7-12-5-4-10-26-12)24-14(16)15(19)17-8-6-13(18)21-3/h4-5,10,14,20,25H,6-9,11H2,1-3H3,(H,17,19)/t14-/m0/s1. The molecule has 0 saturated carbocycles. The second kappa shape index (κ2) is 9.21. The summed E-state index contributed by atoms with van der Waals surface area (Å²) < 4.78 is 21.0. The van der Waals surface area contributed by atoms with E-state index in [2.05, 4.69) is 10.1 Å². The first-order valence-corrected chi connectivity index (χ1v) is 10.9. The van der Waals surface area contributed by atoms with E-state index < -0.39 is 31.6 Å². The van der Waals surface area contributed by atoms with E-state index in [0.717, 1.165) is 4.88 Å². The maximum absolute atomic E-state index is 12.4. The molecule has 2 rings (SSSR count). The predicted molar refractivity (Wildman–Crippen MR) is 98.8 cm³/mol. The molecule has 10 heteroatoms. The summed E-state index contributed by atoms with van der Waals surface area (Å²) >= 11 is 1.60. The van der Waals surface area contributed by atoms with Gasteiger partial charge in [-0.1, -0.05) is 0 Å². The van der Waals surface area contributed by atoms with Crippen molar-refractivity contribution in [3.05, 3.63) is 22.4 Å². The molecule has 2 heterocycles. The van der Waals surface area contributed by atoms with E-state index in [1.54, 1.807) is 25.2 Å². The molecule has 1 aliphatic rings. The number of carbonyl (C=O) groups excluding carboxylic acids is 2. The van der Waals surface area contributed by atoms with Crippen LogP contribution in [0, 0.1) is 5.41 Å². The molecule has 0 radical (unpaired) electrons. The van der Waals surface area contributed by atoms with Crippen molar-refractivity contribution in [1.29, 1.82) is 0 Å². The third-order valence-corrected chi connectivity index (χ3v) is 6.46. The molecule has 1 saturated heterocycles. The van der Waals surface area contributed by atoms with Crippen LogP contribution in [0.5, 0.6) is 0 Å². The molecule has 2 N–H and O–H groups in total. The van der Waals surface area contributed by atoms with Gasteiger partial charge in [-0.15, -0.1) is 0 Å². The van der Waals surface area contributed by atoms with Crippen LogP contribution in [0.2, 0.25) is 0 Å². The topological polar surface area (TPSA) is 103 Å². The Hall–Kier alpha value is -1.09. The molecule has 0 aromatic carbocycles. The number of ether oxygens (including phenoxy) is 1. The zero-order chi connectivity index (χ0) is 19.2. The van der Waals surface area contributed by atoms with Crippen LogP contribution in [0.4, 0.5) is 0 Å². The van der Waals surface area contributed by atoms with E-state index in [-0.39, 0.29) is 26.2 Å². The fourth-order valence-electron chi connectivity index (χ4n) is 2.40. The number of hydrogen-bond donors (Lipinski definition) is 2. The second-order valence-electron chi connectivity index (χ2n) is 6.59. The monoisotopic (exact) mass is 407 g/mol. The van der Waals surface area contributed by atoms with Crippen LogP contribution < -0.4 is 5.32 Å². The third kappa shape index (κ3) is 5.97. The van der Waals surface area contributed by atoms with Crippen molar-refractivity contribution in [2.24, 2.45) is 5.41 Å². The van der Waals surface area contributed by atoms with E-state index in [4.69, 9.17) is 13.6 Å². The molecule has 1 aromatic rings. The van der Waals surface area contributed by atoms with Gasteiger partial charge in [-0.05, 0) is 0 Å². The van der Waals surface area contributed by atoms with Crippen molar-refractivity contribution in [2.75, 3.05) is 26.9 Å². The Kier molecular flexibility index (Phi) is 7.52. The first-order chi connectivity index (χ1) is 12.3. The molecule has 0 bridgehead atoms. The van der Waals surface area contributed by atoms with E-state index in [1.165, 1.54) is 7.11 Å². The van der Waals surface area contributed by atoms with E-state index in [0.29, 0.717) is 6.42 Å². The van der Waals surface area contributed by atoms with E-state index in [1.807, 2.05) is 17.5 Å². The van der Waals surface area contributed by atoms with Gasteiger partial charge in [-0.3, -0.25) is 0 Å². The molecule has 1 amide bonds. The molecule has 0 spiro atoms. The molecule has 26 heavy (non-hydrogen) atoms. The summed E-state index contributed by atoms with van der Waals surface area (Å²) in [4.78, 5) is 35.2. The van der Waals surface area contributed by atoms with Gasteiger partial charge in [0.15, 0.2) is 0 Å². The van der Waals surface area contributed by atoms with Crippen LogP contribution in [0.15, 0.2) is 17.5 Å². The Morgan fingerprint density at radius 2 is 2.27 bits per heavy atom. The molecule has 1 atom stereocenters. The first kappa shape index (κ1) is 21.2. The van der Waals surface area contributed by atoms with Gasteiger partial charge in [0.2, 0.25) is 0 Å². The Morgan fingerprint density at radius 3 is 2.92 bits per heavy atom. The van der Waals surface area contributed by atoms with Gasteiger partial charge in [0, 0.05) is 0 Å². The minimum atomic E-state index is -3.90. The van der Waals surface area contributed by atoms with Gasteiger partial charge in [-0.25, -0.2) is 0 Å². The Balaban J connectivity index is 1.89. The number of hydrogen-bond acceptors (Lipinski definition) is 8. The summed E-state index contributed by atoms with van der Waals surface area (Å²) in [6.45, 7) is 4.10. The van der Waals surface area contributed by atoms with Crippen LogP contribution in [-0.4, -0.2) is 49.7 Å². The predicted octanol–water partition coefficient (Wildman–Crippen LogP) is 1.83. The second-order valence-corrected chi connectivity index (χ2v) is 9.49. The van der Waals surface area contributed by atoms with Crippen LogP contribution >= 0.6 is 19.5 Å². The maximum atomic E-state index is 12.4. The number of amides is 1. The SMILES string of the molecule is COC(=O)CCNC(=O)[C@@H]1O[PH](O)(OCCc2cccs2)OCC1(C)C. The van der Waals surface area contributed by atoms with Crippen molar-refractivity contribution in [2.45, 2.75) is 32.8 Å². The summed E-state index contributed by atoms with van der Waals surface area (Å²) in [7, 11) is -2.61. The summed E-state index contributed by atoms with van der Waals surface area (Å²) in [6.07, 6.45) is -0.253. The molecule has 0 aliphatic carbocycles. The summed E-state index contributed by atoms with van der Waals surface area (Å²) in [5, 5.41) is 4.59. The Bertz CT molecular complexity index is 610. The van der Waals surface area contributed by atoms with Gasteiger partial charge in [0.05, 0.1) is 0 Å². The molecule has 1 aliphatic heterocycles. The van der Waals surface area contributed by atoms with Crippen LogP contribution in [-0.2, 0) is 34.3 Å². The normalized spacial score (nSPS) is 22.4. The van der Waals surface area contributed by atoms with Crippen molar-refractivity contribution in [1.82, 2.24) is 5.32 Å². The van der Waals surface area contributed by atoms with Gasteiger partial charge < -0.3 is 0 Å². The Labute approximate surface area is 157 Å². The number of esters is 1. The number of nitrogens with one attached hydrogen (secondary N) is 1. The Morgan fingerprint density at radius 1 is 1.50 bits per heavy atom. The number of rotatable bonds is 8. The van der Waals surface area contributed by atoms with Gasteiger partial charge in [0.25, 0.3) is 0 Å². The van der Waals surface area contributed by atoms with Gasteiger partial charge in [0.1, 0.15) is 0 Å². The molecule has 1 fully saturated rings. The van der Waals surface area contributed by atoms with Crippen LogP contribution in [0.1, 0.15) is 25.1 Å². The van der Waals surface area contributed by atoms with Crippen molar-refractivity contribution in [3.8, 4) is 0 Å². The summed E-state index contributed by atoms with van der Waals surface area (Å²) in [5.74, 6) is -0.838. The van der Waals surface area contributed by atoms with Crippen molar-refractivity contribution >= 4 is 31.4 Å². The molecular formula is C16H26NO7PS. The van der Waals surface area contributed by atoms with Gasteiger partial charge >= 0.3 is 157 Å². The van der Waals surface area contributed by atoms with E-state index in [9.17, 15) is 14.5 Å². The van der Waals surface area contributed by atoms with Crippen LogP contribution in [0.3, 0.4) is 0 Å². The first-order valence-electron chi connectivity index (χ1n) is 8.31. The zero-order valence-electron chi connectivity index (χ0n) is 15.1. The molecule has 148 valence electrons. The van der Waals surface area contributed by atoms with Crippen molar-refractivity contribution < 1.29 is 32.8 Å². The molecule has 8 nitrogen and oxygen atoms in total. The molecule has 0 unspecified atom stereocenters. The average Bonchev–Trinajstić information content (AvgIpc) is 3.10. The van der Waals surface area contributed by atoms with Gasteiger partial charge in [-0.2, -0.15) is 0 Å². The number of thiophene rings is 1. The average molecular weight is 407 g/mol. The fraction of sp³-hybridized carbons (Fsp3) is 0.625. The molecule has 1 aromatic heterocycles. The zero-order valence-corrected chi connectivity index (χ0v) is 17.0. The summed E-state index contributed by atoms with van der Waals surface area (Å²) in [6, 6.07) is 3.92. The van der Waals surface area contributed by atoms with E-state index >= 15 is 0 Å². The fourth-order valence-corrected chi connectivity index (χ4v) is 4.95. The summed E-state index contributed by atoms with van der Waals surface area (Å²) in [5.41, 5.74) is -0.647.